The van der Waals surface area contributed by atoms with Gasteiger partial charge in [-0.1, -0.05) is 75.9 Å². The van der Waals surface area contributed by atoms with Crippen molar-refractivity contribution in [2.45, 2.75) is 65.2 Å². The van der Waals surface area contributed by atoms with Crippen LogP contribution in [0.2, 0.25) is 0 Å². The Morgan fingerprint density at radius 1 is 0.600 bits per heavy atom. The van der Waals surface area contributed by atoms with Gasteiger partial charge in [-0.3, -0.25) is 0 Å². The SMILES string of the molecule is CCCCCCc1ccc2cc(CCCC)ccc2c1. The van der Waals surface area contributed by atoms with Crippen molar-refractivity contribution in [2.24, 2.45) is 0 Å². The van der Waals surface area contributed by atoms with E-state index in [2.05, 4.69) is 50.2 Å². The van der Waals surface area contributed by atoms with Crippen molar-refractivity contribution in [3.8, 4) is 0 Å². The summed E-state index contributed by atoms with van der Waals surface area (Å²) in [5, 5.41) is 2.80. The largest absolute Gasteiger partial charge is 0.0654 e. The van der Waals surface area contributed by atoms with Crippen molar-refractivity contribution in [1.82, 2.24) is 0 Å². The Morgan fingerprint density at radius 3 is 1.70 bits per heavy atom. The molecule has 0 saturated heterocycles. The highest BCUT2D eigenvalue weighted by molar-refractivity contribution is 5.83. The molecule has 0 bridgehead atoms. The maximum Gasteiger partial charge on any atom is -0.0181 e. The fourth-order valence-corrected chi connectivity index (χ4v) is 2.79. The quantitative estimate of drug-likeness (QED) is 0.492. The van der Waals surface area contributed by atoms with Gasteiger partial charge >= 0.3 is 0 Å². The Morgan fingerprint density at radius 2 is 1.15 bits per heavy atom. The molecule has 0 aliphatic rings. The zero-order valence-corrected chi connectivity index (χ0v) is 13.1. The maximum atomic E-state index is 2.38. The lowest BCUT2D eigenvalue weighted by atomic mass is 9.99. The summed E-state index contributed by atoms with van der Waals surface area (Å²) in [5.74, 6) is 0. The average molecular weight is 268 g/mol. The number of benzene rings is 2. The molecule has 0 nitrogen and oxygen atoms in total. The molecule has 0 radical (unpaired) electrons. The van der Waals surface area contributed by atoms with Gasteiger partial charge in [0.05, 0.1) is 0 Å². The average Bonchev–Trinajstić information content (AvgIpc) is 2.49. The van der Waals surface area contributed by atoms with E-state index in [0.29, 0.717) is 0 Å². The van der Waals surface area contributed by atoms with Gasteiger partial charge in [0.1, 0.15) is 0 Å². The molecule has 0 heterocycles. The number of hydrogen-bond acceptors (Lipinski definition) is 0. The Hall–Kier alpha value is -1.30. The second-order valence-electron chi connectivity index (χ2n) is 5.93. The Bertz CT molecular complexity index is 525. The molecule has 0 amide bonds. The normalized spacial score (nSPS) is 11.1. The van der Waals surface area contributed by atoms with Gasteiger partial charge < -0.3 is 0 Å². The molecule has 0 heteroatoms. The van der Waals surface area contributed by atoms with Crippen LogP contribution in [0.25, 0.3) is 10.8 Å². The first-order chi connectivity index (χ1) is 9.83. The molecule has 0 fully saturated rings. The smallest absolute Gasteiger partial charge is 0.0181 e. The third-order valence-electron chi connectivity index (χ3n) is 4.11. The lowest BCUT2D eigenvalue weighted by molar-refractivity contribution is 0.667. The summed E-state index contributed by atoms with van der Waals surface area (Å²) < 4.78 is 0. The molecule has 0 aliphatic heterocycles. The highest BCUT2D eigenvalue weighted by Gasteiger charge is 1.99. The van der Waals surface area contributed by atoms with E-state index >= 15 is 0 Å². The van der Waals surface area contributed by atoms with Gasteiger partial charge in [0, 0.05) is 0 Å². The van der Waals surface area contributed by atoms with E-state index in [1.54, 1.807) is 0 Å². The second kappa shape index (κ2) is 8.09. The lowest BCUT2D eigenvalue weighted by Crippen LogP contribution is -1.88. The van der Waals surface area contributed by atoms with Gasteiger partial charge in [0.15, 0.2) is 0 Å². The standard InChI is InChI=1S/C20H28/c1-3-5-7-8-10-18-12-14-19-15-17(9-6-4-2)11-13-20(19)16-18/h11-16H,3-10H2,1-2H3. The van der Waals surface area contributed by atoms with Gasteiger partial charge in [-0.05, 0) is 47.6 Å². The van der Waals surface area contributed by atoms with E-state index in [0.717, 1.165) is 0 Å². The number of rotatable bonds is 8. The molecule has 0 saturated carbocycles. The summed E-state index contributed by atoms with van der Waals surface area (Å²) in [7, 11) is 0. The molecule has 0 unspecified atom stereocenters. The van der Waals surface area contributed by atoms with Gasteiger partial charge in [0.25, 0.3) is 0 Å². The summed E-state index contributed by atoms with van der Waals surface area (Å²) in [4.78, 5) is 0. The van der Waals surface area contributed by atoms with E-state index in [9.17, 15) is 0 Å². The third kappa shape index (κ3) is 4.37. The third-order valence-corrected chi connectivity index (χ3v) is 4.11. The minimum absolute atomic E-state index is 1.21. The van der Waals surface area contributed by atoms with Crippen LogP contribution in [0.15, 0.2) is 36.4 Å². The molecule has 20 heavy (non-hydrogen) atoms. The van der Waals surface area contributed by atoms with Crippen LogP contribution < -0.4 is 0 Å². The molecule has 0 aromatic heterocycles. The summed E-state index contributed by atoms with van der Waals surface area (Å²) in [6.45, 7) is 4.53. The van der Waals surface area contributed by atoms with E-state index in [1.165, 1.54) is 73.3 Å². The van der Waals surface area contributed by atoms with Crippen molar-refractivity contribution in [2.75, 3.05) is 0 Å². The van der Waals surface area contributed by atoms with Crippen LogP contribution in [0.5, 0.6) is 0 Å². The number of unbranched alkanes of at least 4 members (excludes halogenated alkanes) is 4. The predicted molar refractivity (Wildman–Crippen MR) is 90.4 cm³/mol. The molecular weight excluding hydrogens is 240 g/mol. The van der Waals surface area contributed by atoms with Gasteiger partial charge in [-0.2, -0.15) is 0 Å². The minimum atomic E-state index is 1.21. The topological polar surface area (TPSA) is 0 Å². The van der Waals surface area contributed by atoms with Crippen LogP contribution in [0.4, 0.5) is 0 Å². The number of hydrogen-bond donors (Lipinski definition) is 0. The molecular formula is C20H28. The lowest BCUT2D eigenvalue weighted by Gasteiger charge is -2.06. The summed E-state index contributed by atoms with van der Waals surface area (Å²) >= 11 is 0. The zero-order chi connectivity index (χ0) is 14.2. The number of aryl methyl sites for hydroxylation is 2. The molecule has 0 atom stereocenters. The van der Waals surface area contributed by atoms with E-state index in [1.807, 2.05) is 0 Å². The molecule has 0 N–H and O–H groups in total. The van der Waals surface area contributed by atoms with Crippen molar-refractivity contribution in [3.63, 3.8) is 0 Å². The van der Waals surface area contributed by atoms with Gasteiger partial charge in [-0.25, -0.2) is 0 Å². The van der Waals surface area contributed by atoms with Crippen molar-refractivity contribution < 1.29 is 0 Å². The summed E-state index contributed by atoms with van der Waals surface area (Å²) in [6.07, 6.45) is 10.4. The maximum absolute atomic E-state index is 2.38. The molecule has 0 aliphatic carbocycles. The van der Waals surface area contributed by atoms with Crippen molar-refractivity contribution in [3.05, 3.63) is 47.5 Å². The highest BCUT2D eigenvalue weighted by atomic mass is 14.0. The fourth-order valence-electron chi connectivity index (χ4n) is 2.79. The van der Waals surface area contributed by atoms with Crippen LogP contribution in [0, 0.1) is 0 Å². The minimum Gasteiger partial charge on any atom is -0.0654 e. The monoisotopic (exact) mass is 268 g/mol. The van der Waals surface area contributed by atoms with Crippen LogP contribution in [-0.2, 0) is 12.8 Å². The Balaban J connectivity index is 2.02. The van der Waals surface area contributed by atoms with E-state index < -0.39 is 0 Å². The first-order valence-electron chi connectivity index (χ1n) is 8.35. The molecule has 2 aromatic rings. The Kier molecular flexibility index (Phi) is 6.11. The van der Waals surface area contributed by atoms with E-state index in [4.69, 9.17) is 0 Å². The highest BCUT2D eigenvalue weighted by Crippen LogP contribution is 2.20. The van der Waals surface area contributed by atoms with E-state index in [-0.39, 0.29) is 0 Å². The van der Waals surface area contributed by atoms with Crippen LogP contribution in [0.3, 0.4) is 0 Å². The fraction of sp³-hybridized carbons (Fsp3) is 0.500. The summed E-state index contributed by atoms with van der Waals surface area (Å²) in [5.41, 5.74) is 2.98. The van der Waals surface area contributed by atoms with Crippen LogP contribution >= 0.6 is 0 Å². The van der Waals surface area contributed by atoms with Gasteiger partial charge in [0.2, 0.25) is 0 Å². The van der Waals surface area contributed by atoms with Crippen LogP contribution in [-0.4, -0.2) is 0 Å². The Labute approximate surface area is 124 Å². The van der Waals surface area contributed by atoms with Gasteiger partial charge in [-0.15, -0.1) is 0 Å². The molecule has 0 spiro atoms. The van der Waals surface area contributed by atoms with Crippen molar-refractivity contribution >= 4 is 10.8 Å². The predicted octanol–water partition coefficient (Wildman–Crippen LogP) is 6.31. The first kappa shape index (κ1) is 15.1. The van der Waals surface area contributed by atoms with Crippen molar-refractivity contribution in [1.29, 1.82) is 0 Å². The van der Waals surface area contributed by atoms with Crippen LogP contribution in [0.1, 0.15) is 63.5 Å². The number of fused-ring (bicyclic) bond motifs is 1. The second-order valence-corrected chi connectivity index (χ2v) is 5.93. The molecule has 2 aromatic carbocycles. The molecule has 108 valence electrons. The first-order valence-corrected chi connectivity index (χ1v) is 8.35. The zero-order valence-electron chi connectivity index (χ0n) is 13.1. The summed E-state index contributed by atoms with van der Waals surface area (Å²) in [6, 6.07) is 14.0. The molecule has 2 rings (SSSR count).